The molecule has 0 aromatic heterocycles. The molecule has 0 aliphatic carbocycles. The van der Waals surface area contributed by atoms with Crippen LogP contribution < -0.4 is 10.1 Å². The van der Waals surface area contributed by atoms with Crippen LogP contribution in [0.3, 0.4) is 0 Å². The van der Waals surface area contributed by atoms with Crippen LogP contribution in [0, 0.1) is 0 Å². The van der Waals surface area contributed by atoms with Crippen molar-refractivity contribution < 1.29 is 27.4 Å². The SMILES string of the molecule is COc1cccc(CC(=O)NCc2ccc(COCC(F)(F)F)cc2)c1. The van der Waals surface area contributed by atoms with Crippen LogP contribution in [0.1, 0.15) is 16.7 Å². The highest BCUT2D eigenvalue weighted by Gasteiger charge is 2.27. The predicted octanol–water partition coefficient (Wildman–Crippen LogP) is 3.63. The Labute approximate surface area is 149 Å². The average molecular weight is 367 g/mol. The van der Waals surface area contributed by atoms with Gasteiger partial charge in [-0.1, -0.05) is 36.4 Å². The van der Waals surface area contributed by atoms with Crippen molar-refractivity contribution in [3.63, 3.8) is 0 Å². The zero-order chi connectivity index (χ0) is 19.0. The van der Waals surface area contributed by atoms with Crippen molar-refractivity contribution in [1.82, 2.24) is 5.32 Å². The van der Waals surface area contributed by atoms with Crippen LogP contribution in [0.4, 0.5) is 13.2 Å². The minimum atomic E-state index is -4.33. The van der Waals surface area contributed by atoms with Gasteiger partial charge in [-0.05, 0) is 28.8 Å². The van der Waals surface area contributed by atoms with E-state index < -0.39 is 12.8 Å². The maximum atomic E-state index is 12.0. The average Bonchev–Trinajstić information content (AvgIpc) is 2.60. The van der Waals surface area contributed by atoms with Gasteiger partial charge in [0.25, 0.3) is 0 Å². The minimum absolute atomic E-state index is 0.109. The molecule has 0 aliphatic heterocycles. The number of hydrogen-bond donors (Lipinski definition) is 1. The summed E-state index contributed by atoms with van der Waals surface area (Å²) in [6.45, 7) is -1.04. The molecule has 0 spiro atoms. The van der Waals surface area contributed by atoms with E-state index in [1.807, 2.05) is 12.1 Å². The summed E-state index contributed by atoms with van der Waals surface area (Å²) in [7, 11) is 1.57. The number of halogens is 3. The van der Waals surface area contributed by atoms with Crippen molar-refractivity contribution in [3.05, 3.63) is 65.2 Å². The third kappa shape index (κ3) is 7.14. The first-order valence-corrected chi connectivity index (χ1v) is 7.97. The molecular weight excluding hydrogens is 347 g/mol. The predicted molar refractivity (Wildman–Crippen MR) is 90.7 cm³/mol. The second kappa shape index (κ2) is 9.24. The van der Waals surface area contributed by atoms with Gasteiger partial charge in [-0.15, -0.1) is 0 Å². The van der Waals surface area contributed by atoms with Gasteiger partial charge in [0, 0.05) is 6.54 Å². The van der Waals surface area contributed by atoms with E-state index in [4.69, 9.17) is 4.74 Å². The molecule has 0 saturated heterocycles. The van der Waals surface area contributed by atoms with Crippen LogP contribution >= 0.6 is 0 Å². The van der Waals surface area contributed by atoms with E-state index >= 15 is 0 Å². The number of rotatable bonds is 8. The highest BCUT2D eigenvalue weighted by atomic mass is 19.4. The van der Waals surface area contributed by atoms with E-state index in [9.17, 15) is 18.0 Å². The smallest absolute Gasteiger partial charge is 0.411 e. The summed E-state index contributed by atoms with van der Waals surface area (Å²) in [5.74, 6) is 0.564. The highest BCUT2D eigenvalue weighted by Crippen LogP contribution is 2.16. The normalized spacial score (nSPS) is 11.2. The summed E-state index contributed by atoms with van der Waals surface area (Å²) in [6, 6.07) is 14.1. The molecule has 1 N–H and O–H groups in total. The Kier molecular flexibility index (Phi) is 7.03. The van der Waals surface area contributed by atoms with Gasteiger partial charge < -0.3 is 14.8 Å². The molecule has 1 amide bonds. The lowest BCUT2D eigenvalue weighted by atomic mass is 10.1. The minimum Gasteiger partial charge on any atom is -0.497 e. The number of carbonyl (C=O) groups is 1. The van der Waals surface area contributed by atoms with E-state index in [1.54, 1.807) is 43.5 Å². The topological polar surface area (TPSA) is 47.6 Å². The molecule has 140 valence electrons. The number of nitrogens with one attached hydrogen (secondary N) is 1. The van der Waals surface area contributed by atoms with Crippen LogP contribution in [-0.4, -0.2) is 25.8 Å². The monoisotopic (exact) mass is 367 g/mol. The van der Waals surface area contributed by atoms with E-state index in [0.29, 0.717) is 17.9 Å². The van der Waals surface area contributed by atoms with E-state index in [-0.39, 0.29) is 18.9 Å². The molecule has 2 rings (SSSR count). The fourth-order valence-electron chi connectivity index (χ4n) is 2.27. The molecule has 0 saturated carbocycles. The molecule has 0 fully saturated rings. The Morgan fingerprint density at radius 3 is 2.38 bits per heavy atom. The Morgan fingerprint density at radius 1 is 1.04 bits per heavy atom. The first kappa shape index (κ1) is 19.8. The molecule has 7 heteroatoms. The van der Waals surface area contributed by atoms with Crippen LogP contribution in [-0.2, 0) is 29.1 Å². The fraction of sp³-hybridized carbons (Fsp3) is 0.316. The first-order chi connectivity index (χ1) is 12.4. The Balaban J connectivity index is 1.77. The van der Waals surface area contributed by atoms with Crippen LogP contribution in [0.2, 0.25) is 0 Å². The van der Waals surface area contributed by atoms with Gasteiger partial charge in [-0.2, -0.15) is 13.2 Å². The highest BCUT2D eigenvalue weighted by molar-refractivity contribution is 5.78. The van der Waals surface area contributed by atoms with Gasteiger partial charge in [-0.25, -0.2) is 0 Å². The summed E-state index contributed by atoms with van der Waals surface area (Å²) in [4.78, 5) is 12.0. The molecule has 0 aliphatic rings. The molecule has 0 bridgehead atoms. The van der Waals surface area contributed by atoms with Crippen LogP contribution in [0.5, 0.6) is 5.75 Å². The maximum absolute atomic E-state index is 12.0. The number of amides is 1. The zero-order valence-corrected chi connectivity index (χ0v) is 14.3. The van der Waals surface area contributed by atoms with Gasteiger partial charge in [0.1, 0.15) is 12.4 Å². The van der Waals surface area contributed by atoms with Gasteiger partial charge in [0.05, 0.1) is 20.1 Å². The van der Waals surface area contributed by atoms with Crippen molar-refractivity contribution in [1.29, 1.82) is 0 Å². The summed E-state index contributed by atoms with van der Waals surface area (Å²) in [5, 5.41) is 2.81. The van der Waals surface area contributed by atoms with Gasteiger partial charge >= 0.3 is 6.18 Å². The number of ether oxygens (including phenoxy) is 2. The third-order valence-electron chi connectivity index (χ3n) is 3.55. The molecular formula is C19H20F3NO3. The number of methoxy groups -OCH3 is 1. The van der Waals surface area contributed by atoms with Gasteiger partial charge in [-0.3, -0.25) is 4.79 Å². The Hall–Kier alpha value is -2.54. The number of carbonyl (C=O) groups excluding carboxylic acids is 1. The van der Waals surface area contributed by atoms with Gasteiger partial charge in [0.15, 0.2) is 0 Å². The lowest BCUT2D eigenvalue weighted by Crippen LogP contribution is -2.24. The summed E-state index contributed by atoms with van der Waals surface area (Å²) in [5.41, 5.74) is 2.34. The number of benzene rings is 2. The molecule has 4 nitrogen and oxygen atoms in total. The van der Waals surface area contributed by atoms with Crippen LogP contribution in [0.15, 0.2) is 48.5 Å². The fourth-order valence-corrected chi connectivity index (χ4v) is 2.27. The largest absolute Gasteiger partial charge is 0.497 e. The molecule has 26 heavy (non-hydrogen) atoms. The first-order valence-electron chi connectivity index (χ1n) is 7.97. The molecule has 0 radical (unpaired) electrons. The lowest BCUT2D eigenvalue weighted by Gasteiger charge is -2.09. The van der Waals surface area contributed by atoms with E-state index in [0.717, 1.165) is 11.1 Å². The van der Waals surface area contributed by atoms with Crippen molar-refractivity contribution >= 4 is 5.91 Å². The Morgan fingerprint density at radius 2 is 1.73 bits per heavy atom. The number of hydrogen-bond acceptors (Lipinski definition) is 3. The van der Waals surface area contributed by atoms with E-state index in [1.165, 1.54) is 0 Å². The maximum Gasteiger partial charge on any atom is 0.411 e. The van der Waals surface area contributed by atoms with Crippen molar-refractivity contribution in [2.45, 2.75) is 25.7 Å². The molecule has 2 aromatic carbocycles. The van der Waals surface area contributed by atoms with Crippen LogP contribution in [0.25, 0.3) is 0 Å². The standard InChI is InChI=1S/C19H20F3NO3/c1-25-17-4-2-3-16(9-17)10-18(24)23-11-14-5-7-15(8-6-14)12-26-13-19(20,21)22/h2-9H,10-13H2,1H3,(H,23,24). The van der Waals surface area contributed by atoms with Gasteiger partial charge in [0.2, 0.25) is 5.91 Å². The van der Waals surface area contributed by atoms with E-state index in [2.05, 4.69) is 10.1 Å². The summed E-state index contributed by atoms with van der Waals surface area (Å²) >= 11 is 0. The molecule has 2 aromatic rings. The zero-order valence-electron chi connectivity index (χ0n) is 14.3. The second-order valence-electron chi connectivity index (χ2n) is 5.73. The molecule has 0 unspecified atom stereocenters. The molecule has 0 heterocycles. The van der Waals surface area contributed by atoms with Crippen molar-refractivity contribution in [3.8, 4) is 5.75 Å². The lowest BCUT2D eigenvalue weighted by molar-refractivity contribution is -0.176. The van der Waals surface area contributed by atoms with Crippen molar-refractivity contribution in [2.75, 3.05) is 13.7 Å². The second-order valence-corrected chi connectivity index (χ2v) is 5.73. The summed E-state index contributed by atoms with van der Waals surface area (Å²) < 4.78 is 45.8. The summed E-state index contributed by atoms with van der Waals surface area (Å²) in [6.07, 6.45) is -4.09. The quantitative estimate of drug-likeness (QED) is 0.775. The third-order valence-corrected chi connectivity index (χ3v) is 3.55. The van der Waals surface area contributed by atoms with Crippen molar-refractivity contribution in [2.24, 2.45) is 0 Å². The number of alkyl halides is 3. The Bertz CT molecular complexity index is 715. The molecule has 0 atom stereocenters.